The van der Waals surface area contributed by atoms with Gasteiger partial charge in [-0.25, -0.2) is 8.42 Å². The van der Waals surface area contributed by atoms with Gasteiger partial charge < -0.3 is 4.74 Å². The summed E-state index contributed by atoms with van der Waals surface area (Å²) in [4.78, 5) is 12.5. The van der Waals surface area contributed by atoms with Gasteiger partial charge in [0.15, 0.2) is 0 Å². The molecule has 0 saturated carbocycles. The first-order valence-corrected chi connectivity index (χ1v) is 12.3. The molecule has 0 bridgehead atoms. The molecule has 0 unspecified atom stereocenters. The van der Waals surface area contributed by atoms with Gasteiger partial charge in [-0.1, -0.05) is 6.92 Å². The van der Waals surface area contributed by atoms with E-state index in [4.69, 9.17) is 4.74 Å². The summed E-state index contributed by atoms with van der Waals surface area (Å²) in [5.41, 5.74) is 0. The Hall–Kier alpha value is -1.02. The lowest BCUT2D eigenvalue weighted by Crippen LogP contribution is -2.30. The van der Waals surface area contributed by atoms with E-state index in [2.05, 4.69) is 0 Å². The van der Waals surface area contributed by atoms with E-state index < -0.39 is 39.2 Å². The van der Waals surface area contributed by atoms with Gasteiger partial charge in [-0.15, -0.1) is 11.3 Å². The summed E-state index contributed by atoms with van der Waals surface area (Å²) in [6, 6.07) is 3.07. The van der Waals surface area contributed by atoms with Crippen LogP contribution < -0.4 is 4.72 Å². The number of nitrogens with one attached hydrogen (secondary N) is 1. The molecule has 0 aliphatic heterocycles. The van der Waals surface area contributed by atoms with Crippen LogP contribution in [0.4, 0.5) is 0 Å². The molecule has 0 radical (unpaired) electrons. The molecule has 1 heterocycles. The zero-order valence-corrected chi connectivity index (χ0v) is 15.3. The Balaban J connectivity index is 2.69. The van der Waals surface area contributed by atoms with Gasteiger partial charge in [0.25, 0.3) is 9.74 Å². The molecule has 0 aliphatic carbocycles. The maximum absolute atomic E-state index is 11.4. The van der Waals surface area contributed by atoms with Gasteiger partial charge in [0.1, 0.15) is 0 Å². The fraction of sp³-hybridized carbons (Fsp3) is 0.500. The van der Waals surface area contributed by atoms with Crippen LogP contribution in [0.3, 0.4) is 0 Å². The largest absolute Gasteiger partial charge is 0.465 e. The van der Waals surface area contributed by atoms with Crippen LogP contribution in [0.1, 0.15) is 23.1 Å². The minimum absolute atomic E-state index is 0.0160. The van der Waals surface area contributed by atoms with Crippen molar-refractivity contribution >= 4 is 44.0 Å². The van der Waals surface area contributed by atoms with Gasteiger partial charge in [-0.2, -0.15) is 21.6 Å². The van der Waals surface area contributed by atoms with Gasteiger partial charge in [0.05, 0.1) is 13.0 Å². The third kappa shape index (κ3) is 5.53. The summed E-state index contributed by atoms with van der Waals surface area (Å²) in [6.45, 7) is 1.76. The summed E-state index contributed by atoms with van der Waals surface area (Å²) in [5.74, 6) is -0.424. The topological polar surface area (TPSA) is 141 Å². The average molecular weight is 405 g/mol. The van der Waals surface area contributed by atoms with Crippen molar-refractivity contribution in [3.8, 4) is 0 Å². The Morgan fingerprint density at radius 2 is 1.83 bits per heavy atom. The Morgan fingerprint density at radius 3 is 2.39 bits per heavy atom. The molecule has 1 rings (SSSR count). The van der Waals surface area contributed by atoms with Crippen molar-refractivity contribution in [3.63, 3.8) is 0 Å². The molecule has 0 atom stereocenters. The highest BCUT2D eigenvalue weighted by atomic mass is 33.6. The molecule has 132 valence electrons. The van der Waals surface area contributed by atoms with Crippen LogP contribution in [-0.4, -0.2) is 37.8 Å². The molecule has 23 heavy (non-hydrogen) atoms. The van der Waals surface area contributed by atoms with Crippen molar-refractivity contribution in [2.75, 3.05) is 6.61 Å². The molecule has 0 aliphatic rings. The van der Waals surface area contributed by atoms with Crippen molar-refractivity contribution in [2.45, 2.75) is 26.3 Å². The fourth-order valence-corrected chi connectivity index (χ4v) is 6.03. The number of hydrogen-bond acceptors (Lipinski definition) is 9. The fourth-order valence-electron chi connectivity index (χ4n) is 1.34. The Kier molecular flexibility index (Phi) is 7.13. The van der Waals surface area contributed by atoms with Gasteiger partial charge in [0.2, 0.25) is 0 Å². The first kappa shape index (κ1) is 20.0. The van der Waals surface area contributed by atoms with E-state index in [0.717, 1.165) is 11.3 Å². The van der Waals surface area contributed by atoms with Crippen molar-refractivity contribution in [1.82, 2.24) is 4.72 Å². The predicted molar refractivity (Wildman–Crippen MR) is 84.3 cm³/mol. The number of ether oxygens (including phenoxy) is 1. The quantitative estimate of drug-likeness (QED) is 0.319. The second-order valence-electron chi connectivity index (χ2n) is 4.19. The summed E-state index contributed by atoms with van der Waals surface area (Å²) in [7, 11) is -14.5. The van der Waals surface area contributed by atoms with Crippen LogP contribution >= 0.6 is 11.3 Å². The lowest BCUT2D eigenvalue weighted by molar-refractivity contribution is -0.142. The van der Waals surface area contributed by atoms with Gasteiger partial charge >= 0.3 is 22.9 Å². The minimum atomic E-state index is -5.32. The zero-order valence-electron chi connectivity index (χ0n) is 11.9. The number of esters is 1. The van der Waals surface area contributed by atoms with Crippen molar-refractivity contribution < 1.29 is 34.8 Å². The molecular weight excluding hydrogens is 390 g/mol. The highest BCUT2D eigenvalue weighted by Gasteiger charge is 2.32. The first-order chi connectivity index (χ1) is 10.6. The first-order valence-electron chi connectivity index (χ1n) is 6.22. The molecule has 0 fully saturated rings. The molecule has 0 aromatic carbocycles. The number of thiophene rings is 1. The third-order valence-electron chi connectivity index (χ3n) is 2.39. The minimum Gasteiger partial charge on any atom is -0.465 e. The van der Waals surface area contributed by atoms with Crippen LogP contribution in [-0.2, 0) is 49.2 Å². The van der Waals surface area contributed by atoms with E-state index in [-0.39, 0.29) is 6.42 Å². The SMILES string of the molecule is CCCOC(=O)Cc1ccc(CNS(=O)(=O)S(=O)(=O)[SH](=O)=O)s1. The summed E-state index contributed by atoms with van der Waals surface area (Å²) in [6.07, 6.45) is 0.710. The van der Waals surface area contributed by atoms with Crippen molar-refractivity contribution in [2.24, 2.45) is 0 Å². The average Bonchev–Trinajstić information content (AvgIpc) is 2.90. The number of carbonyl (C=O) groups is 1. The maximum atomic E-state index is 11.4. The maximum Gasteiger partial charge on any atom is 0.368 e. The van der Waals surface area contributed by atoms with Crippen molar-refractivity contribution in [3.05, 3.63) is 21.9 Å². The van der Waals surface area contributed by atoms with Crippen LogP contribution in [0.5, 0.6) is 0 Å². The molecule has 1 N–H and O–H groups in total. The second-order valence-corrected chi connectivity index (χ2v) is 13.7. The monoisotopic (exact) mass is 405 g/mol. The number of rotatable bonds is 9. The number of carbonyl (C=O) groups excluding carboxylic acids is 1. The van der Waals surface area contributed by atoms with Crippen LogP contribution in [0.25, 0.3) is 0 Å². The highest BCUT2D eigenvalue weighted by molar-refractivity contribution is 8.94. The van der Waals surface area contributed by atoms with Gasteiger partial charge in [-0.3, -0.25) is 4.79 Å². The van der Waals surface area contributed by atoms with E-state index >= 15 is 0 Å². The van der Waals surface area contributed by atoms with Gasteiger partial charge in [-0.05, 0) is 18.6 Å². The zero-order chi connectivity index (χ0) is 17.7. The van der Waals surface area contributed by atoms with E-state index in [1.54, 1.807) is 10.8 Å². The van der Waals surface area contributed by atoms with E-state index in [1.807, 2.05) is 6.92 Å². The summed E-state index contributed by atoms with van der Waals surface area (Å²) < 4.78 is 72.6. The molecule has 1 aromatic rings. The van der Waals surface area contributed by atoms with E-state index in [9.17, 15) is 30.0 Å². The Bertz CT molecular complexity index is 826. The van der Waals surface area contributed by atoms with Crippen LogP contribution in [0, 0.1) is 0 Å². The molecule has 0 saturated heterocycles. The molecule has 0 spiro atoms. The second kappa shape index (κ2) is 8.19. The predicted octanol–water partition coefficient (Wildman–Crippen LogP) is -0.481. The highest BCUT2D eigenvalue weighted by Crippen LogP contribution is 2.18. The van der Waals surface area contributed by atoms with Gasteiger partial charge in [0, 0.05) is 16.3 Å². The van der Waals surface area contributed by atoms with Crippen LogP contribution in [0.2, 0.25) is 0 Å². The molecule has 9 nitrogen and oxygen atoms in total. The normalized spacial score (nSPS) is 12.4. The lowest BCUT2D eigenvalue weighted by Gasteiger charge is -2.02. The Morgan fingerprint density at radius 1 is 1.22 bits per heavy atom. The van der Waals surface area contributed by atoms with E-state index in [0.29, 0.717) is 22.8 Å². The number of hydrogen-bond donors (Lipinski definition) is 2. The molecular formula is C10H15NO8S4. The summed E-state index contributed by atoms with van der Waals surface area (Å²) in [5, 5.41) is 0. The standard InChI is InChI=1S/C10H15NO8S4/c1-2-5-19-10(12)6-8-3-4-9(20-8)7-11-22(15,16)23(17,18)21(13)14/h3-4,11,21H,2,5-7H2,1H3. The lowest BCUT2D eigenvalue weighted by atomic mass is 10.3. The third-order valence-corrected chi connectivity index (χ3v) is 10.9. The molecule has 13 heteroatoms. The summed E-state index contributed by atoms with van der Waals surface area (Å²) >= 11 is 1.08. The van der Waals surface area contributed by atoms with Crippen molar-refractivity contribution in [1.29, 1.82) is 0 Å². The van der Waals surface area contributed by atoms with Crippen LogP contribution in [0.15, 0.2) is 12.1 Å². The smallest absolute Gasteiger partial charge is 0.368 e. The van der Waals surface area contributed by atoms with E-state index in [1.165, 1.54) is 6.07 Å². The molecule has 0 amide bonds. The number of thiol groups is 1. The Labute approximate surface area is 138 Å². The molecule has 1 aromatic heterocycles.